The van der Waals surface area contributed by atoms with Crippen LogP contribution in [0.2, 0.25) is 0 Å². The molecule has 0 saturated heterocycles. The van der Waals surface area contributed by atoms with Crippen LogP contribution < -0.4 is 4.74 Å². The van der Waals surface area contributed by atoms with Gasteiger partial charge in [0.2, 0.25) is 0 Å². The summed E-state index contributed by atoms with van der Waals surface area (Å²) >= 11 is 0. The summed E-state index contributed by atoms with van der Waals surface area (Å²) in [6.45, 7) is 0.626. The van der Waals surface area contributed by atoms with Crippen molar-refractivity contribution >= 4 is 0 Å². The minimum Gasteiger partial charge on any atom is -0.493 e. The van der Waals surface area contributed by atoms with E-state index in [1.54, 1.807) is 6.20 Å². The number of ether oxygens (including phenoxy) is 1. The molecule has 2 aromatic rings. The molecule has 0 fully saturated rings. The van der Waals surface area contributed by atoms with Crippen LogP contribution in [0.25, 0.3) is 0 Å². The predicted molar refractivity (Wildman–Crippen MR) is 77.8 cm³/mol. The van der Waals surface area contributed by atoms with E-state index in [1.165, 1.54) is 11.1 Å². The molecule has 104 valence electrons. The zero-order valence-corrected chi connectivity index (χ0v) is 11.5. The van der Waals surface area contributed by atoms with Crippen molar-refractivity contribution in [2.45, 2.75) is 31.8 Å². The summed E-state index contributed by atoms with van der Waals surface area (Å²) in [6, 6.07) is 10.1. The Morgan fingerprint density at radius 1 is 1.30 bits per heavy atom. The standard InChI is InChI=1S/C17H19NO2/c19-17-5-1-4-14-6-7-15(11-16(14)17)20-10-8-13-3-2-9-18-12-13/h2-3,6-7,9,11-12,17,19H,1,4-5,8,10H2. The summed E-state index contributed by atoms with van der Waals surface area (Å²) in [4.78, 5) is 4.09. The lowest BCUT2D eigenvalue weighted by Gasteiger charge is -2.22. The average molecular weight is 269 g/mol. The van der Waals surface area contributed by atoms with Gasteiger partial charge in [0.05, 0.1) is 12.7 Å². The second-order valence-corrected chi connectivity index (χ2v) is 5.23. The van der Waals surface area contributed by atoms with Gasteiger partial charge in [0.15, 0.2) is 0 Å². The molecule has 1 heterocycles. The van der Waals surface area contributed by atoms with E-state index in [0.29, 0.717) is 6.61 Å². The number of aliphatic hydroxyl groups excluding tert-OH is 1. The molecule has 3 heteroatoms. The first-order chi connectivity index (χ1) is 9.83. The molecule has 0 amide bonds. The van der Waals surface area contributed by atoms with Gasteiger partial charge >= 0.3 is 0 Å². The van der Waals surface area contributed by atoms with Crippen molar-refractivity contribution in [3.63, 3.8) is 0 Å². The highest BCUT2D eigenvalue weighted by Crippen LogP contribution is 2.32. The molecular weight excluding hydrogens is 250 g/mol. The van der Waals surface area contributed by atoms with Gasteiger partial charge in [-0.1, -0.05) is 12.1 Å². The number of rotatable bonds is 4. The van der Waals surface area contributed by atoms with Gasteiger partial charge in [0.1, 0.15) is 5.75 Å². The van der Waals surface area contributed by atoms with Gasteiger partial charge in [-0.2, -0.15) is 0 Å². The SMILES string of the molecule is OC1CCCc2ccc(OCCc3cccnc3)cc21. The molecule has 1 aliphatic rings. The highest BCUT2D eigenvalue weighted by molar-refractivity contribution is 5.38. The lowest BCUT2D eigenvalue weighted by Crippen LogP contribution is -2.10. The van der Waals surface area contributed by atoms with Crippen molar-refractivity contribution in [2.24, 2.45) is 0 Å². The van der Waals surface area contributed by atoms with Crippen molar-refractivity contribution in [1.29, 1.82) is 0 Å². The van der Waals surface area contributed by atoms with Crippen molar-refractivity contribution in [2.75, 3.05) is 6.61 Å². The Balaban J connectivity index is 1.62. The average Bonchev–Trinajstić information content (AvgIpc) is 2.49. The monoisotopic (exact) mass is 269 g/mol. The fraction of sp³-hybridized carbons (Fsp3) is 0.353. The first-order valence-corrected chi connectivity index (χ1v) is 7.15. The number of hydrogen-bond acceptors (Lipinski definition) is 3. The van der Waals surface area contributed by atoms with E-state index in [9.17, 15) is 5.11 Å². The van der Waals surface area contributed by atoms with Crippen molar-refractivity contribution in [3.8, 4) is 5.75 Å². The fourth-order valence-electron chi connectivity index (χ4n) is 2.67. The Bertz CT molecular complexity index is 568. The molecule has 0 saturated carbocycles. The summed E-state index contributed by atoms with van der Waals surface area (Å²) in [5.41, 5.74) is 3.46. The Morgan fingerprint density at radius 3 is 3.10 bits per heavy atom. The van der Waals surface area contributed by atoms with Gasteiger partial charge in [-0.3, -0.25) is 4.98 Å². The van der Waals surface area contributed by atoms with Gasteiger partial charge in [-0.25, -0.2) is 0 Å². The third kappa shape index (κ3) is 2.99. The fourth-order valence-corrected chi connectivity index (χ4v) is 2.67. The molecule has 20 heavy (non-hydrogen) atoms. The van der Waals surface area contributed by atoms with E-state index >= 15 is 0 Å². The molecule has 0 spiro atoms. The maximum atomic E-state index is 10.0. The smallest absolute Gasteiger partial charge is 0.119 e. The number of aromatic nitrogens is 1. The van der Waals surface area contributed by atoms with Crippen LogP contribution >= 0.6 is 0 Å². The molecule has 0 aliphatic heterocycles. The van der Waals surface area contributed by atoms with Crippen molar-refractivity contribution in [3.05, 3.63) is 59.4 Å². The second-order valence-electron chi connectivity index (χ2n) is 5.23. The van der Waals surface area contributed by atoms with Crippen LogP contribution in [-0.4, -0.2) is 16.7 Å². The quantitative estimate of drug-likeness (QED) is 0.927. The van der Waals surface area contributed by atoms with Gasteiger partial charge in [-0.05, 0) is 54.2 Å². The summed E-state index contributed by atoms with van der Waals surface area (Å²) < 4.78 is 5.79. The summed E-state index contributed by atoms with van der Waals surface area (Å²) in [6.07, 6.45) is 7.12. The zero-order chi connectivity index (χ0) is 13.8. The lowest BCUT2D eigenvalue weighted by molar-refractivity contribution is 0.156. The number of benzene rings is 1. The molecule has 1 unspecified atom stereocenters. The molecule has 0 radical (unpaired) electrons. The van der Waals surface area contributed by atoms with E-state index in [2.05, 4.69) is 11.1 Å². The van der Waals surface area contributed by atoms with Gasteiger partial charge in [0.25, 0.3) is 0 Å². The maximum Gasteiger partial charge on any atom is 0.119 e. The number of aryl methyl sites for hydroxylation is 1. The minimum absolute atomic E-state index is 0.333. The van der Waals surface area contributed by atoms with Crippen LogP contribution in [0.4, 0.5) is 0 Å². The van der Waals surface area contributed by atoms with Gasteiger partial charge in [-0.15, -0.1) is 0 Å². The summed E-state index contributed by atoms with van der Waals surface area (Å²) in [5.74, 6) is 0.841. The first kappa shape index (κ1) is 13.1. The highest BCUT2D eigenvalue weighted by Gasteiger charge is 2.18. The molecule has 3 rings (SSSR count). The van der Waals surface area contributed by atoms with Crippen molar-refractivity contribution < 1.29 is 9.84 Å². The Kier molecular flexibility index (Phi) is 3.97. The van der Waals surface area contributed by atoms with Crippen molar-refractivity contribution in [1.82, 2.24) is 4.98 Å². The van der Waals surface area contributed by atoms with Crippen LogP contribution in [0.3, 0.4) is 0 Å². The van der Waals surface area contributed by atoms with Crippen LogP contribution in [0, 0.1) is 0 Å². The molecule has 1 aromatic heterocycles. The number of aliphatic hydroxyl groups is 1. The second kappa shape index (κ2) is 6.06. The molecule has 1 N–H and O–H groups in total. The van der Waals surface area contributed by atoms with E-state index in [-0.39, 0.29) is 6.10 Å². The zero-order valence-electron chi connectivity index (χ0n) is 11.5. The molecule has 1 aliphatic carbocycles. The molecule has 0 bridgehead atoms. The Hall–Kier alpha value is -1.87. The number of fused-ring (bicyclic) bond motifs is 1. The van der Waals surface area contributed by atoms with E-state index < -0.39 is 0 Å². The van der Waals surface area contributed by atoms with Crippen LogP contribution in [0.15, 0.2) is 42.7 Å². The molecule has 3 nitrogen and oxygen atoms in total. The molecule has 1 aromatic carbocycles. The molecule has 1 atom stereocenters. The summed E-state index contributed by atoms with van der Waals surface area (Å²) in [7, 11) is 0. The topological polar surface area (TPSA) is 42.4 Å². The van der Waals surface area contributed by atoms with Gasteiger partial charge < -0.3 is 9.84 Å². The maximum absolute atomic E-state index is 10.0. The number of nitrogens with zero attached hydrogens (tertiary/aromatic N) is 1. The van der Waals surface area contributed by atoms with E-state index in [4.69, 9.17) is 4.74 Å². The third-order valence-corrected chi connectivity index (χ3v) is 3.78. The minimum atomic E-state index is -0.333. The third-order valence-electron chi connectivity index (χ3n) is 3.78. The molecular formula is C17H19NO2. The van der Waals surface area contributed by atoms with Crippen LogP contribution in [-0.2, 0) is 12.8 Å². The number of pyridine rings is 1. The van der Waals surface area contributed by atoms with Crippen LogP contribution in [0.5, 0.6) is 5.75 Å². The number of hydrogen-bond donors (Lipinski definition) is 1. The predicted octanol–water partition coefficient (Wildman–Crippen LogP) is 3.07. The highest BCUT2D eigenvalue weighted by atomic mass is 16.5. The van der Waals surface area contributed by atoms with E-state index in [0.717, 1.165) is 37.0 Å². The van der Waals surface area contributed by atoms with Crippen LogP contribution in [0.1, 0.15) is 35.6 Å². The Labute approximate surface area is 119 Å². The lowest BCUT2D eigenvalue weighted by atomic mass is 9.89. The van der Waals surface area contributed by atoms with Gasteiger partial charge in [0, 0.05) is 18.8 Å². The Morgan fingerprint density at radius 2 is 2.25 bits per heavy atom. The normalized spacial score (nSPS) is 17.6. The largest absolute Gasteiger partial charge is 0.493 e. The first-order valence-electron chi connectivity index (χ1n) is 7.15. The van der Waals surface area contributed by atoms with E-state index in [1.807, 2.05) is 30.5 Å². The summed E-state index contributed by atoms with van der Waals surface area (Å²) in [5, 5.41) is 10.0.